The van der Waals surface area contributed by atoms with Crippen LogP contribution in [0.1, 0.15) is 37.0 Å². The first-order chi connectivity index (χ1) is 18.8. The van der Waals surface area contributed by atoms with Crippen molar-refractivity contribution in [1.82, 2.24) is 10.6 Å². The Labute approximate surface area is 230 Å². The summed E-state index contributed by atoms with van der Waals surface area (Å²) in [4.78, 5) is 39.0. The molecule has 0 aromatic heterocycles. The van der Waals surface area contributed by atoms with Gasteiger partial charge in [0.15, 0.2) is 0 Å². The molecule has 0 unspecified atom stereocenters. The predicted molar refractivity (Wildman–Crippen MR) is 151 cm³/mol. The largest absolute Gasteiger partial charge is 0.480 e. The Morgan fingerprint density at radius 1 is 0.667 bits per heavy atom. The maximum Gasteiger partial charge on any atom is 0.326 e. The van der Waals surface area contributed by atoms with Gasteiger partial charge in [0.25, 0.3) is 0 Å². The summed E-state index contributed by atoms with van der Waals surface area (Å²) in [7, 11) is 0. The molecule has 7 nitrogen and oxygen atoms in total. The summed E-state index contributed by atoms with van der Waals surface area (Å²) < 4.78 is 0. The highest BCUT2D eigenvalue weighted by Gasteiger charge is 2.35. The predicted octanol–water partition coefficient (Wildman–Crippen LogP) is 3.79. The molecule has 0 aliphatic heterocycles. The van der Waals surface area contributed by atoms with Crippen LogP contribution >= 0.6 is 0 Å². The molecule has 3 rings (SSSR count). The van der Waals surface area contributed by atoms with Gasteiger partial charge in [-0.15, -0.1) is 0 Å². The molecule has 7 heteroatoms. The number of nitrogens with one attached hydrogen (secondary N) is 2. The first-order valence-electron chi connectivity index (χ1n) is 13.4. The van der Waals surface area contributed by atoms with E-state index in [4.69, 9.17) is 0 Å². The summed E-state index contributed by atoms with van der Waals surface area (Å²) in [5, 5.41) is 26.2. The molecule has 3 aromatic carbocycles. The average Bonchev–Trinajstić information content (AvgIpc) is 2.95. The molecule has 0 spiro atoms. The molecule has 0 bridgehead atoms. The van der Waals surface area contributed by atoms with Gasteiger partial charge in [-0.3, -0.25) is 9.59 Å². The number of aliphatic hydroxyl groups excluding tert-OH is 1. The van der Waals surface area contributed by atoms with Crippen LogP contribution < -0.4 is 10.6 Å². The number of hydrogen-bond donors (Lipinski definition) is 4. The molecule has 0 heterocycles. The lowest BCUT2D eigenvalue weighted by Crippen LogP contribution is -2.58. The first kappa shape index (κ1) is 29.6. The van der Waals surface area contributed by atoms with E-state index in [1.165, 1.54) is 0 Å². The maximum absolute atomic E-state index is 13.7. The molecule has 0 saturated heterocycles. The van der Waals surface area contributed by atoms with E-state index in [2.05, 4.69) is 10.6 Å². The van der Waals surface area contributed by atoms with Crippen molar-refractivity contribution in [3.8, 4) is 0 Å². The molecule has 0 saturated carbocycles. The standard InChI is InChI=1S/C32H38N2O5/c1-3-22(2)28(32(38)39)33-31(37)29(27(35)21-25-17-11-6-12-18-25)34-30(36)26(19-23-13-7-4-8-14-23)20-24-15-9-5-10-16-24/h4-18,22,26-29,35H,3,19-21H2,1-2H3,(H,33,37)(H,34,36)(H,38,39)/t22-,27-,28-,29+/m0/s1. The van der Waals surface area contributed by atoms with Crippen molar-refractivity contribution in [2.45, 2.75) is 57.7 Å². The van der Waals surface area contributed by atoms with Crippen LogP contribution in [0.5, 0.6) is 0 Å². The molecule has 0 aliphatic carbocycles. The van der Waals surface area contributed by atoms with Crippen molar-refractivity contribution in [1.29, 1.82) is 0 Å². The van der Waals surface area contributed by atoms with Crippen LogP contribution in [0.4, 0.5) is 0 Å². The number of carbonyl (C=O) groups is 3. The van der Waals surface area contributed by atoms with Gasteiger partial charge in [0, 0.05) is 12.3 Å². The number of aliphatic hydroxyl groups is 1. The molecule has 4 N–H and O–H groups in total. The SMILES string of the molecule is CC[C@H](C)[C@H](NC(=O)[C@H](NC(=O)C(Cc1ccccc1)Cc1ccccc1)[C@@H](O)Cc1ccccc1)C(=O)O. The van der Waals surface area contributed by atoms with E-state index in [9.17, 15) is 24.6 Å². The summed E-state index contributed by atoms with van der Waals surface area (Å²) in [5.74, 6) is -3.12. The normalized spacial score (nSPS) is 14.2. The van der Waals surface area contributed by atoms with Crippen molar-refractivity contribution < 1.29 is 24.6 Å². The Balaban J connectivity index is 1.87. The molecule has 39 heavy (non-hydrogen) atoms. The van der Waals surface area contributed by atoms with Gasteiger partial charge in [-0.25, -0.2) is 4.79 Å². The quantitative estimate of drug-likeness (QED) is 0.253. The van der Waals surface area contributed by atoms with Gasteiger partial charge >= 0.3 is 5.97 Å². The number of carboxylic acids is 1. The highest BCUT2D eigenvalue weighted by atomic mass is 16.4. The monoisotopic (exact) mass is 530 g/mol. The zero-order valence-electron chi connectivity index (χ0n) is 22.5. The van der Waals surface area contributed by atoms with Crippen LogP contribution in [0.2, 0.25) is 0 Å². The second-order valence-corrected chi connectivity index (χ2v) is 10.0. The van der Waals surface area contributed by atoms with Crippen molar-refractivity contribution in [3.05, 3.63) is 108 Å². The van der Waals surface area contributed by atoms with Crippen molar-refractivity contribution in [2.24, 2.45) is 11.8 Å². The Morgan fingerprint density at radius 2 is 1.08 bits per heavy atom. The zero-order chi connectivity index (χ0) is 28.2. The van der Waals surface area contributed by atoms with Gasteiger partial charge in [-0.1, -0.05) is 111 Å². The molecule has 3 aromatic rings. The lowest BCUT2D eigenvalue weighted by molar-refractivity contribution is -0.144. The van der Waals surface area contributed by atoms with Gasteiger partial charge in [0.1, 0.15) is 12.1 Å². The van der Waals surface area contributed by atoms with E-state index in [0.29, 0.717) is 19.3 Å². The van der Waals surface area contributed by atoms with Gasteiger partial charge in [0.2, 0.25) is 11.8 Å². The molecule has 0 fully saturated rings. The number of carboxylic acid groups (broad SMARTS) is 1. The van der Waals surface area contributed by atoms with E-state index in [0.717, 1.165) is 16.7 Å². The van der Waals surface area contributed by atoms with Crippen molar-refractivity contribution in [2.75, 3.05) is 0 Å². The number of rotatable bonds is 14. The number of amides is 2. The smallest absolute Gasteiger partial charge is 0.326 e. The van der Waals surface area contributed by atoms with Gasteiger partial charge < -0.3 is 20.8 Å². The number of hydrogen-bond acceptors (Lipinski definition) is 4. The third kappa shape index (κ3) is 9.07. The van der Waals surface area contributed by atoms with Crippen molar-refractivity contribution >= 4 is 17.8 Å². The minimum Gasteiger partial charge on any atom is -0.480 e. The first-order valence-corrected chi connectivity index (χ1v) is 13.4. The third-order valence-electron chi connectivity index (χ3n) is 7.05. The Bertz CT molecular complexity index is 1150. The topological polar surface area (TPSA) is 116 Å². The van der Waals surface area contributed by atoms with Gasteiger partial charge in [0.05, 0.1) is 6.10 Å². The van der Waals surface area contributed by atoms with Gasteiger partial charge in [-0.2, -0.15) is 0 Å². The summed E-state index contributed by atoms with van der Waals surface area (Å²) in [6, 6.07) is 25.9. The fourth-order valence-electron chi connectivity index (χ4n) is 4.56. The molecule has 0 aliphatic rings. The van der Waals surface area contributed by atoms with E-state index < -0.39 is 36.0 Å². The summed E-state index contributed by atoms with van der Waals surface area (Å²) >= 11 is 0. The highest BCUT2D eigenvalue weighted by Crippen LogP contribution is 2.17. The highest BCUT2D eigenvalue weighted by molar-refractivity contribution is 5.91. The zero-order valence-corrected chi connectivity index (χ0v) is 22.5. The van der Waals surface area contributed by atoms with Crippen LogP contribution in [-0.4, -0.2) is 46.2 Å². The number of aliphatic carboxylic acids is 1. The van der Waals surface area contributed by atoms with Crippen molar-refractivity contribution in [3.63, 3.8) is 0 Å². The van der Waals surface area contributed by atoms with Gasteiger partial charge in [-0.05, 0) is 35.4 Å². The van der Waals surface area contributed by atoms with E-state index in [1.54, 1.807) is 6.92 Å². The van der Waals surface area contributed by atoms with Crippen LogP contribution in [-0.2, 0) is 33.6 Å². The van der Waals surface area contributed by atoms with Crippen LogP contribution in [0, 0.1) is 11.8 Å². The summed E-state index contributed by atoms with van der Waals surface area (Å²) in [5.41, 5.74) is 2.74. The second-order valence-electron chi connectivity index (χ2n) is 10.0. The molecular weight excluding hydrogens is 492 g/mol. The van der Waals surface area contributed by atoms with E-state index >= 15 is 0 Å². The average molecular weight is 531 g/mol. The lowest BCUT2D eigenvalue weighted by atomic mass is 9.91. The lowest BCUT2D eigenvalue weighted by Gasteiger charge is -2.28. The second kappa shape index (κ2) is 14.8. The summed E-state index contributed by atoms with van der Waals surface area (Å²) in [6.07, 6.45) is 0.265. The fourth-order valence-corrected chi connectivity index (χ4v) is 4.56. The number of benzene rings is 3. The van der Waals surface area contributed by atoms with E-state index in [1.807, 2.05) is 97.9 Å². The van der Waals surface area contributed by atoms with Crippen LogP contribution in [0.25, 0.3) is 0 Å². The minimum absolute atomic E-state index is 0.113. The molecule has 4 atom stereocenters. The Kier molecular flexibility index (Phi) is 11.3. The molecule has 206 valence electrons. The molecule has 0 radical (unpaired) electrons. The summed E-state index contributed by atoms with van der Waals surface area (Å²) in [6.45, 7) is 3.58. The Morgan fingerprint density at radius 3 is 1.49 bits per heavy atom. The molecule has 2 amide bonds. The van der Waals surface area contributed by atoms with Crippen LogP contribution in [0.3, 0.4) is 0 Å². The minimum atomic E-state index is -1.34. The van der Waals surface area contributed by atoms with Crippen LogP contribution in [0.15, 0.2) is 91.0 Å². The number of carbonyl (C=O) groups excluding carboxylic acids is 2. The Hall–Kier alpha value is -3.97. The fraction of sp³-hybridized carbons (Fsp3) is 0.344. The molecular formula is C32H38N2O5. The third-order valence-corrected chi connectivity index (χ3v) is 7.05. The maximum atomic E-state index is 13.7. The van der Waals surface area contributed by atoms with E-state index in [-0.39, 0.29) is 18.2 Å².